The Kier molecular flexibility index (Phi) is 3.95. The zero-order valence-electron chi connectivity index (χ0n) is 11.2. The van der Waals surface area contributed by atoms with Gasteiger partial charge in [-0.3, -0.25) is 10.00 Å². The number of rotatable bonds is 4. The smallest absolute Gasteiger partial charge is 0.260 e. The van der Waals surface area contributed by atoms with E-state index >= 15 is 0 Å². The molecule has 1 saturated heterocycles. The molecule has 0 atom stereocenters. The summed E-state index contributed by atoms with van der Waals surface area (Å²) < 4.78 is 25.9. The molecule has 1 aliphatic heterocycles. The first kappa shape index (κ1) is 14.4. The summed E-state index contributed by atoms with van der Waals surface area (Å²) in [6.07, 6.45) is 1.43. The molecule has 0 unspecified atom stereocenters. The van der Waals surface area contributed by atoms with Crippen molar-refractivity contribution in [3.8, 4) is 0 Å². The molecule has 0 radical (unpaired) electrons. The maximum atomic E-state index is 12.2. The minimum Gasteiger partial charge on any atom is -0.389 e. The van der Waals surface area contributed by atoms with E-state index in [1.54, 1.807) is 13.8 Å². The van der Waals surface area contributed by atoms with E-state index in [1.165, 1.54) is 16.6 Å². The van der Waals surface area contributed by atoms with Gasteiger partial charge in [0.1, 0.15) is 0 Å². The zero-order valence-corrected chi connectivity index (χ0v) is 12.0. The number of aliphatic hydroxyl groups is 1. The molecule has 0 bridgehead atoms. The van der Waals surface area contributed by atoms with Gasteiger partial charge in [0.05, 0.1) is 11.8 Å². The van der Waals surface area contributed by atoms with Crippen LogP contribution in [0, 0.1) is 0 Å². The molecule has 1 fully saturated rings. The summed E-state index contributed by atoms with van der Waals surface area (Å²) in [6, 6.07) is 1.46. The molecule has 19 heavy (non-hydrogen) atoms. The van der Waals surface area contributed by atoms with Gasteiger partial charge in [-0.25, -0.2) is 8.42 Å². The SMILES string of the molecule is CC(C)(O)CN1CCN(S(=O)(=O)c2ccn[nH]2)CC1. The molecular formula is C11H20N4O3S. The van der Waals surface area contributed by atoms with Gasteiger partial charge in [0.2, 0.25) is 0 Å². The van der Waals surface area contributed by atoms with E-state index in [2.05, 4.69) is 15.1 Å². The predicted octanol–water partition coefficient (Wildman–Crippen LogP) is -0.513. The second kappa shape index (κ2) is 5.20. The standard InChI is InChI=1S/C11H20N4O3S/c1-11(2,16)9-14-5-7-15(8-6-14)19(17,18)10-3-4-12-13-10/h3-4,16H,5-9H2,1-2H3,(H,12,13). The van der Waals surface area contributed by atoms with E-state index in [4.69, 9.17) is 0 Å². The highest BCUT2D eigenvalue weighted by atomic mass is 32.2. The average molecular weight is 288 g/mol. The summed E-state index contributed by atoms with van der Waals surface area (Å²) in [5.74, 6) is 0. The van der Waals surface area contributed by atoms with E-state index in [-0.39, 0.29) is 5.03 Å². The number of aromatic amines is 1. The average Bonchev–Trinajstić information content (AvgIpc) is 2.81. The second-order valence-corrected chi connectivity index (χ2v) is 7.32. The summed E-state index contributed by atoms with van der Waals surface area (Å²) >= 11 is 0. The third-order valence-electron chi connectivity index (χ3n) is 3.03. The lowest BCUT2D eigenvalue weighted by Crippen LogP contribution is -2.51. The Hall–Kier alpha value is -0.960. The number of sulfonamides is 1. The van der Waals surface area contributed by atoms with Gasteiger partial charge in [-0.15, -0.1) is 0 Å². The van der Waals surface area contributed by atoms with Crippen molar-refractivity contribution in [2.45, 2.75) is 24.5 Å². The van der Waals surface area contributed by atoms with Gasteiger partial charge in [-0.2, -0.15) is 9.40 Å². The molecule has 108 valence electrons. The first-order valence-electron chi connectivity index (χ1n) is 6.23. The molecule has 7 nitrogen and oxygen atoms in total. The summed E-state index contributed by atoms with van der Waals surface area (Å²) in [4.78, 5) is 2.07. The van der Waals surface area contributed by atoms with Crippen molar-refractivity contribution in [2.24, 2.45) is 0 Å². The highest BCUT2D eigenvalue weighted by Gasteiger charge is 2.30. The molecule has 0 aliphatic carbocycles. The van der Waals surface area contributed by atoms with Crippen LogP contribution in [0.1, 0.15) is 13.8 Å². The van der Waals surface area contributed by atoms with Crippen LogP contribution in [-0.4, -0.2) is 71.3 Å². The van der Waals surface area contributed by atoms with Crippen molar-refractivity contribution in [2.75, 3.05) is 32.7 Å². The second-order valence-electron chi connectivity index (χ2n) is 5.41. The Morgan fingerprint density at radius 2 is 2.00 bits per heavy atom. The molecule has 2 heterocycles. The lowest BCUT2D eigenvalue weighted by Gasteiger charge is -2.36. The fourth-order valence-corrected chi connectivity index (χ4v) is 3.52. The van der Waals surface area contributed by atoms with Gasteiger partial charge in [-0.1, -0.05) is 0 Å². The minimum absolute atomic E-state index is 0.128. The number of H-pyrrole nitrogens is 1. The Balaban J connectivity index is 1.97. The van der Waals surface area contributed by atoms with Crippen LogP contribution in [0.4, 0.5) is 0 Å². The quantitative estimate of drug-likeness (QED) is 0.778. The van der Waals surface area contributed by atoms with Crippen LogP contribution in [0.5, 0.6) is 0 Å². The van der Waals surface area contributed by atoms with Crippen LogP contribution < -0.4 is 0 Å². The van der Waals surface area contributed by atoms with Crippen molar-refractivity contribution >= 4 is 10.0 Å². The summed E-state index contributed by atoms with van der Waals surface area (Å²) in [5.41, 5.74) is -0.760. The summed E-state index contributed by atoms with van der Waals surface area (Å²) in [5, 5.41) is 16.1. The number of nitrogens with one attached hydrogen (secondary N) is 1. The van der Waals surface area contributed by atoms with E-state index in [0.29, 0.717) is 32.7 Å². The number of aromatic nitrogens is 2. The molecule has 0 aromatic carbocycles. The Bertz CT molecular complexity index is 499. The van der Waals surface area contributed by atoms with Gasteiger partial charge < -0.3 is 5.11 Å². The van der Waals surface area contributed by atoms with E-state index in [0.717, 1.165) is 0 Å². The van der Waals surface area contributed by atoms with Crippen LogP contribution in [-0.2, 0) is 10.0 Å². The van der Waals surface area contributed by atoms with E-state index < -0.39 is 15.6 Å². The maximum Gasteiger partial charge on any atom is 0.260 e. The van der Waals surface area contributed by atoms with Crippen molar-refractivity contribution < 1.29 is 13.5 Å². The van der Waals surface area contributed by atoms with Crippen LogP contribution in [0.3, 0.4) is 0 Å². The molecule has 0 amide bonds. The number of nitrogens with zero attached hydrogens (tertiary/aromatic N) is 3. The molecular weight excluding hydrogens is 268 g/mol. The lowest BCUT2D eigenvalue weighted by molar-refractivity contribution is 0.0263. The fourth-order valence-electron chi connectivity index (χ4n) is 2.20. The van der Waals surface area contributed by atoms with Gasteiger partial charge in [0.25, 0.3) is 10.0 Å². The predicted molar refractivity (Wildman–Crippen MR) is 70.1 cm³/mol. The molecule has 1 aromatic heterocycles. The zero-order chi connectivity index (χ0) is 14.1. The lowest BCUT2D eigenvalue weighted by atomic mass is 10.1. The monoisotopic (exact) mass is 288 g/mol. The largest absolute Gasteiger partial charge is 0.389 e. The number of piperazine rings is 1. The number of β-amino-alcohol motifs (C(OH)–C–C–N with tert-alkyl or cyclic N) is 1. The summed E-state index contributed by atoms with van der Waals surface area (Å²) in [7, 11) is -3.46. The number of hydrogen-bond acceptors (Lipinski definition) is 5. The molecule has 2 rings (SSSR count). The highest BCUT2D eigenvalue weighted by molar-refractivity contribution is 7.89. The fraction of sp³-hybridized carbons (Fsp3) is 0.727. The van der Waals surface area contributed by atoms with Crippen LogP contribution in [0.2, 0.25) is 0 Å². The van der Waals surface area contributed by atoms with Gasteiger partial charge >= 0.3 is 0 Å². The van der Waals surface area contributed by atoms with Gasteiger partial charge in [0, 0.05) is 32.7 Å². The Labute approximate surface area is 113 Å². The van der Waals surface area contributed by atoms with Gasteiger partial charge in [0.15, 0.2) is 5.03 Å². The van der Waals surface area contributed by atoms with E-state index in [1.807, 2.05) is 0 Å². The molecule has 0 saturated carbocycles. The van der Waals surface area contributed by atoms with Crippen LogP contribution in [0.25, 0.3) is 0 Å². The van der Waals surface area contributed by atoms with E-state index in [9.17, 15) is 13.5 Å². The third kappa shape index (κ3) is 3.53. The first-order chi connectivity index (χ1) is 8.79. The molecule has 1 aromatic rings. The van der Waals surface area contributed by atoms with Crippen LogP contribution >= 0.6 is 0 Å². The molecule has 8 heteroatoms. The topological polar surface area (TPSA) is 89.5 Å². The Morgan fingerprint density at radius 1 is 1.37 bits per heavy atom. The third-order valence-corrected chi connectivity index (χ3v) is 4.86. The number of hydrogen-bond donors (Lipinski definition) is 2. The van der Waals surface area contributed by atoms with Crippen molar-refractivity contribution in [1.29, 1.82) is 0 Å². The highest BCUT2D eigenvalue weighted by Crippen LogP contribution is 2.16. The first-order valence-corrected chi connectivity index (χ1v) is 7.67. The van der Waals surface area contributed by atoms with Crippen molar-refractivity contribution in [1.82, 2.24) is 19.4 Å². The molecule has 0 spiro atoms. The summed E-state index contributed by atoms with van der Waals surface area (Å²) in [6.45, 7) is 6.15. The maximum absolute atomic E-state index is 12.2. The Morgan fingerprint density at radius 3 is 2.47 bits per heavy atom. The molecule has 2 N–H and O–H groups in total. The van der Waals surface area contributed by atoms with Crippen molar-refractivity contribution in [3.63, 3.8) is 0 Å². The van der Waals surface area contributed by atoms with Crippen molar-refractivity contribution in [3.05, 3.63) is 12.3 Å². The van der Waals surface area contributed by atoms with Crippen LogP contribution in [0.15, 0.2) is 17.3 Å². The minimum atomic E-state index is -3.46. The normalized spacial score (nSPS) is 19.7. The van der Waals surface area contributed by atoms with Gasteiger partial charge in [-0.05, 0) is 19.9 Å². The molecule has 1 aliphatic rings.